The van der Waals surface area contributed by atoms with Gasteiger partial charge in [-0.1, -0.05) is 32.4 Å². The number of carbonyl (C=O) groups is 2. The van der Waals surface area contributed by atoms with Crippen LogP contribution in [0, 0.1) is 5.41 Å². The van der Waals surface area contributed by atoms with E-state index < -0.39 is 5.41 Å². The first kappa shape index (κ1) is 18.6. The van der Waals surface area contributed by atoms with Crippen LogP contribution in [-0.2, 0) is 4.79 Å². The molecule has 1 aromatic rings. The molecule has 1 aliphatic heterocycles. The van der Waals surface area contributed by atoms with Crippen molar-refractivity contribution in [2.75, 3.05) is 33.3 Å². The van der Waals surface area contributed by atoms with E-state index in [4.69, 9.17) is 16.3 Å². The third kappa shape index (κ3) is 4.20. The summed E-state index contributed by atoms with van der Waals surface area (Å²) in [6, 6.07) is 5.06. The topological polar surface area (TPSA) is 49.9 Å². The first-order valence-corrected chi connectivity index (χ1v) is 8.54. The third-order valence-electron chi connectivity index (χ3n) is 4.12. The number of methoxy groups -OCH3 is 1. The monoisotopic (exact) mass is 352 g/mol. The molecule has 1 aromatic carbocycles. The van der Waals surface area contributed by atoms with E-state index in [0.717, 1.165) is 6.42 Å². The van der Waals surface area contributed by atoms with Gasteiger partial charge in [0.15, 0.2) is 0 Å². The van der Waals surface area contributed by atoms with Gasteiger partial charge in [-0.3, -0.25) is 9.59 Å². The number of halogens is 1. The van der Waals surface area contributed by atoms with E-state index >= 15 is 0 Å². The lowest BCUT2D eigenvalue weighted by Gasteiger charge is -2.28. The van der Waals surface area contributed by atoms with Gasteiger partial charge in [-0.2, -0.15) is 0 Å². The Bertz CT molecular complexity index is 625. The molecule has 24 heavy (non-hydrogen) atoms. The third-order valence-corrected chi connectivity index (χ3v) is 4.43. The van der Waals surface area contributed by atoms with E-state index in [1.165, 1.54) is 0 Å². The molecule has 0 aliphatic carbocycles. The highest BCUT2D eigenvalue weighted by Gasteiger charge is 2.30. The summed E-state index contributed by atoms with van der Waals surface area (Å²) in [7, 11) is 1.56. The number of ether oxygens (including phenoxy) is 1. The molecule has 1 heterocycles. The fourth-order valence-electron chi connectivity index (χ4n) is 2.76. The Hall–Kier alpha value is -1.75. The Balaban J connectivity index is 2.08. The minimum absolute atomic E-state index is 0.104. The number of amides is 2. The molecule has 2 rings (SSSR count). The van der Waals surface area contributed by atoms with Crippen LogP contribution in [0.25, 0.3) is 0 Å². The second-order valence-corrected chi connectivity index (χ2v) is 7.44. The fraction of sp³-hybridized carbons (Fsp3) is 0.556. The summed E-state index contributed by atoms with van der Waals surface area (Å²) in [4.78, 5) is 28.8. The van der Waals surface area contributed by atoms with Gasteiger partial charge in [-0.25, -0.2) is 0 Å². The van der Waals surface area contributed by atoms with Gasteiger partial charge in [0, 0.05) is 31.6 Å². The summed E-state index contributed by atoms with van der Waals surface area (Å²) in [6.45, 7) is 8.12. The SMILES string of the molecule is COc1ccc(C(=O)N2CCCN(C(=O)C(C)(C)C)CC2)c(Cl)c1. The highest BCUT2D eigenvalue weighted by molar-refractivity contribution is 6.34. The van der Waals surface area contributed by atoms with Gasteiger partial charge in [-0.05, 0) is 24.6 Å². The molecule has 0 aromatic heterocycles. The van der Waals surface area contributed by atoms with E-state index in [-0.39, 0.29) is 11.8 Å². The van der Waals surface area contributed by atoms with Crippen LogP contribution in [0.2, 0.25) is 5.02 Å². The first-order valence-electron chi connectivity index (χ1n) is 8.16. The Morgan fingerprint density at radius 1 is 1.08 bits per heavy atom. The lowest BCUT2D eigenvalue weighted by Crippen LogP contribution is -2.42. The largest absolute Gasteiger partial charge is 0.497 e. The normalized spacial score (nSPS) is 15.9. The molecule has 132 valence electrons. The molecule has 5 nitrogen and oxygen atoms in total. The van der Waals surface area contributed by atoms with Crippen molar-refractivity contribution in [3.8, 4) is 5.75 Å². The van der Waals surface area contributed by atoms with Crippen molar-refractivity contribution in [2.45, 2.75) is 27.2 Å². The molecule has 0 atom stereocenters. The van der Waals surface area contributed by atoms with Crippen LogP contribution in [-0.4, -0.2) is 54.9 Å². The summed E-state index contributed by atoms with van der Waals surface area (Å²) in [5.74, 6) is 0.640. The van der Waals surface area contributed by atoms with E-state index in [2.05, 4.69) is 0 Å². The van der Waals surface area contributed by atoms with Gasteiger partial charge in [0.25, 0.3) is 5.91 Å². The van der Waals surface area contributed by atoms with Gasteiger partial charge in [0.2, 0.25) is 5.91 Å². The second kappa shape index (κ2) is 7.43. The molecular formula is C18H25ClN2O3. The van der Waals surface area contributed by atoms with Gasteiger partial charge in [-0.15, -0.1) is 0 Å². The van der Waals surface area contributed by atoms with Crippen molar-refractivity contribution >= 4 is 23.4 Å². The van der Waals surface area contributed by atoms with Crippen LogP contribution >= 0.6 is 11.6 Å². The zero-order valence-corrected chi connectivity index (χ0v) is 15.5. The van der Waals surface area contributed by atoms with Crippen LogP contribution in [0.1, 0.15) is 37.6 Å². The highest BCUT2D eigenvalue weighted by Crippen LogP contribution is 2.24. The van der Waals surface area contributed by atoms with Crippen LogP contribution in [0.4, 0.5) is 0 Å². The van der Waals surface area contributed by atoms with Gasteiger partial charge >= 0.3 is 0 Å². The lowest BCUT2D eigenvalue weighted by molar-refractivity contribution is -0.139. The predicted molar refractivity (Wildman–Crippen MR) is 94.6 cm³/mol. The number of rotatable bonds is 2. The molecule has 1 aliphatic rings. The molecule has 2 amide bonds. The summed E-state index contributed by atoms with van der Waals surface area (Å²) >= 11 is 6.21. The van der Waals surface area contributed by atoms with Crippen molar-refractivity contribution in [3.63, 3.8) is 0 Å². The number of hydrogen-bond acceptors (Lipinski definition) is 3. The van der Waals surface area contributed by atoms with E-state index in [1.807, 2.05) is 25.7 Å². The molecule has 1 fully saturated rings. The number of benzene rings is 1. The van der Waals surface area contributed by atoms with Crippen LogP contribution in [0.15, 0.2) is 18.2 Å². The summed E-state index contributed by atoms with van der Waals surface area (Å²) in [6.07, 6.45) is 0.765. The standard InChI is InChI=1S/C18H25ClN2O3/c1-18(2,3)17(23)21-9-5-8-20(10-11-21)16(22)14-7-6-13(24-4)12-15(14)19/h6-7,12H,5,8-11H2,1-4H3. The second-order valence-electron chi connectivity index (χ2n) is 7.03. The van der Waals surface area contributed by atoms with Crippen molar-refractivity contribution < 1.29 is 14.3 Å². The summed E-state index contributed by atoms with van der Waals surface area (Å²) in [5, 5.41) is 0.381. The van der Waals surface area contributed by atoms with E-state index in [9.17, 15) is 9.59 Å². The Kier molecular flexibility index (Phi) is 5.75. The van der Waals surface area contributed by atoms with Crippen molar-refractivity contribution in [2.24, 2.45) is 5.41 Å². The molecule has 6 heteroatoms. The van der Waals surface area contributed by atoms with E-state index in [0.29, 0.717) is 42.5 Å². The summed E-state index contributed by atoms with van der Waals surface area (Å²) < 4.78 is 5.11. The maximum atomic E-state index is 12.7. The quantitative estimate of drug-likeness (QED) is 0.821. The minimum Gasteiger partial charge on any atom is -0.497 e. The maximum absolute atomic E-state index is 12.7. The number of nitrogens with zero attached hydrogens (tertiary/aromatic N) is 2. The number of carbonyl (C=O) groups excluding carboxylic acids is 2. The zero-order valence-electron chi connectivity index (χ0n) is 14.8. The average Bonchev–Trinajstić information content (AvgIpc) is 2.78. The van der Waals surface area contributed by atoms with Gasteiger partial charge in [0.1, 0.15) is 5.75 Å². The molecule has 0 spiro atoms. The Morgan fingerprint density at radius 2 is 1.71 bits per heavy atom. The molecule has 0 unspecified atom stereocenters. The smallest absolute Gasteiger partial charge is 0.255 e. The number of hydrogen-bond donors (Lipinski definition) is 0. The van der Waals surface area contributed by atoms with Crippen molar-refractivity contribution in [1.82, 2.24) is 9.80 Å². The minimum atomic E-state index is -0.404. The molecule has 1 saturated heterocycles. The first-order chi connectivity index (χ1) is 11.2. The molecule has 0 radical (unpaired) electrons. The Morgan fingerprint density at radius 3 is 2.29 bits per heavy atom. The van der Waals surface area contributed by atoms with Crippen LogP contribution in [0.5, 0.6) is 5.75 Å². The van der Waals surface area contributed by atoms with Crippen molar-refractivity contribution in [1.29, 1.82) is 0 Å². The Labute approximate surface area is 148 Å². The van der Waals surface area contributed by atoms with Gasteiger partial charge < -0.3 is 14.5 Å². The van der Waals surface area contributed by atoms with Crippen LogP contribution in [0.3, 0.4) is 0 Å². The average molecular weight is 353 g/mol. The lowest BCUT2D eigenvalue weighted by atomic mass is 9.94. The van der Waals surface area contributed by atoms with E-state index in [1.54, 1.807) is 30.2 Å². The predicted octanol–water partition coefficient (Wildman–Crippen LogP) is 3.07. The summed E-state index contributed by atoms with van der Waals surface area (Å²) in [5.41, 5.74) is 0.0615. The molecule has 0 N–H and O–H groups in total. The highest BCUT2D eigenvalue weighted by atomic mass is 35.5. The molecular weight excluding hydrogens is 328 g/mol. The van der Waals surface area contributed by atoms with Crippen molar-refractivity contribution in [3.05, 3.63) is 28.8 Å². The molecule has 0 bridgehead atoms. The maximum Gasteiger partial charge on any atom is 0.255 e. The zero-order chi connectivity index (χ0) is 17.9. The van der Waals surface area contributed by atoms with Gasteiger partial charge in [0.05, 0.1) is 17.7 Å². The molecule has 0 saturated carbocycles. The van der Waals surface area contributed by atoms with Crippen LogP contribution < -0.4 is 4.74 Å². The fourth-order valence-corrected chi connectivity index (χ4v) is 3.02.